The van der Waals surface area contributed by atoms with Gasteiger partial charge in [-0.2, -0.15) is 0 Å². The monoisotopic (exact) mass is 827 g/mol. The van der Waals surface area contributed by atoms with Gasteiger partial charge < -0.3 is 4.90 Å². The normalized spacial score (nSPS) is 14.0. The molecule has 0 spiro atoms. The molecular weight excluding hydrogens is 783 g/mol. The molecule has 0 fully saturated rings. The fourth-order valence-electron chi connectivity index (χ4n) is 10.7. The van der Waals surface area contributed by atoms with Crippen molar-refractivity contribution >= 4 is 38.6 Å². The van der Waals surface area contributed by atoms with E-state index in [0.717, 1.165) is 39.3 Å². The summed E-state index contributed by atoms with van der Waals surface area (Å²) < 4.78 is 0. The van der Waals surface area contributed by atoms with Crippen LogP contribution in [0, 0.1) is 0 Å². The molecule has 11 aromatic carbocycles. The van der Waals surface area contributed by atoms with Crippen LogP contribution in [0.4, 0.5) is 17.1 Å². The van der Waals surface area contributed by atoms with Gasteiger partial charge in [-0.25, -0.2) is 0 Å². The summed E-state index contributed by atoms with van der Waals surface area (Å²) in [5.74, 6) is 0. The lowest BCUT2D eigenvalue weighted by molar-refractivity contribution is 0.714. The maximum absolute atomic E-state index is 2.55. The molecule has 0 amide bonds. The first-order valence-electron chi connectivity index (χ1n) is 22.6. The van der Waals surface area contributed by atoms with Crippen molar-refractivity contribution in [3.8, 4) is 55.6 Å². The summed E-state index contributed by atoms with van der Waals surface area (Å²) in [7, 11) is 0. The van der Waals surface area contributed by atoms with Crippen LogP contribution in [-0.2, 0) is 5.41 Å². The predicted octanol–water partition coefficient (Wildman–Crippen LogP) is 17.5. The highest BCUT2D eigenvalue weighted by molar-refractivity contribution is 6.09. The van der Waals surface area contributed by atoms with Crippen LogP contribution in [0.5, 0.6) is 0 Å². The van der Waals surface area contributed by atoms with Crippen molar-refractivity contribution in [1.82, 2.24) is 0 Å². The van der Waals surface area contributed by atoms with Crippen LogP contribution in [0.25, 0.3) is 77.2 Å². The van der Waals surface area contributed by atoms with Crippen molar-refractivity contribution in [2.75, 3.05) is 4.90 Å². The van der Waals surface area contributed by atoms with Crippen LogP contribution in [0.15, 0.2) is 255 Å². The molecule has 0 N–H and O–H groups in total. The van der Waals surface area contributed by atoms with Crippen molar-refractivity contribution in [2.45, 2.75) is 12.3 Å². The molecule has 1 aliphatic rings. The topological polar surface area (TPSA) is 3.24 Å². The van der Waals surface area contributed by atoms with Gasteiger partial charge in [0.05, 0.1) is 11.4 Å². The first-order valence-corrected chi connectivity index (χ1v) is 22.6. The van der Waals surface area contributed by atoms with Crippen LogP contribution in [0.1, 0.15) is 23.6 Å². The first kappa shape index (κ1) is 38.4. The maximum Gasteiger partial charge on any atom is 0.0546 e. The summed E-state index contributed by atoms with van der Waals surface area (Å²) >= 11 is 0. The molecule has 12 rings (SSSR count). The van der Waals surface area contributed by atoms with E-state index >= 15 is 0 Å². The van der Waals surface area contributed by atoms with E-state index in [1.807, 2.05) is 0 Å². The SMILES string of the molecule is CC1(c2ccccc2)c2ccccc2-c2ccc(N(c3cc(-c4cccc5ccccc45)ccc3-c3ccccc3)c3ccccc3-c3cccc4cccc(-c5ccccc5)c34)cc21. The minimum atomic E-state index is -0.373. The predicted molar refractivity (Wildman–Crippen MR) is 275 cm³/mol. The van der Waals surface area contributed by atoms with Gasteiger partial charge in [-0.05, 0) is 114 Å². The van der Waals surface area contributed by atoms with Crippen LogP contribution >= 0.6 is 0 Å². The highest BCUT2D eigenvalue weighted by Crippen LogP contribution is 2.55. The number of anilines is 3. The molecule has 0 saturated carbocycles. The van der Waals surface area contributed by atoms with Crippen molar-refractivity contribution in [2.24, 2.45) is 0 Å². The average Bonchev–Trinajstić information content (AvgIpc) is 3.64. The van der Waals surface area contributed by atoms with E-state index in [4.69, 9.17) is 0 Å². The molecule has 65 heavy (non-hydrogen) atoms. The number of para-hydroxylation sites is 1. The van der Waals surface area contributed by atoms with Gasteiger partial charge in [0.1, 0.15) is 0 Å². The number of hydrogen-bond acceptors (Lipinski definition) is 1. The quantitative estimate of drug-likeness (QED) is 0.147. The van der Waals surface area contributed by atoms with Crippen LogP contribution < -0.4 is 4.90 Å². The Balaban J connectivity index is 1.17. The molecule has 0 heterocycles. The zero-order valence-electron chi connectivity index (χ0n) is 36.2. The number of nitrogens with zero attached hydrogens (tertiary/aromatic N) is 1. The van der Waals surface area contributed by atoms with Crippen LogP contribution in [-0.4, -0.2) is 0 Å². The molecule has 11 aromatic rings. The number of fused-ring (bicyclic) bond motifs is 5. The Bertz CT molecular complexity index is 3540. The zero-order chi connectivity index (χ0) is 43.3. The van der Waals surface area contributed by atoms with E-state index in [2.05, 4.69) is 267 Å². The Labute approximate surface area is 381 Å². The standard InChI is InChI=1S/C64H45N/c1-64(49-28-9-4-10-29-49)59-36-15-13-31-55(59)56-41-39-50(43-60(56)64)65(61-37-16-14-32-57(61)58-35-19-27-47-26-18-34-54(63(47)58)46-22-7-3-8-23-46)62-42-48(38-40-53(62)45-20-5-2-6-21-45)52-33-17-25-44-24-11-12-30-51(44)52/h2-43H,1H3. The second kappa shape index (κ2) is 15.8. The Morgan fingerprint density at radius 2 is 0.846 bits per heavy atom. The summed E-state index contributed by atoms with van der Waals surface area (Å²) in [5, 5.41) is 4.91. The van der Waals surface area contributed by atoms with Gasteiger partial charge in [-0.1, -0.05) is 231 Å². The first-order chi connectivity index (χ1) is 32.1. The van der Waals surface area contributed by atoms with Crippen molar-refractivity contribution in [1.29, 1.82) is 0 Å². The van der Waals surface area contributed by atoms with E-state index < -0.39 is 0 Å². The summed E-state index contributed by atoms with van der Waals surface area (Å²) in [6, 6.07) is 93.8. The highest BCUT2D eigenvalue weighted by Gasteiger charge is 2.41. The molecule has 0 aromatic heterocycles. The summed E-state index contributed by atoms with van der Waals surface area (Å²) in [4.78, 5) is 2.55. The smallest absolute Gasteiger partial charge is 0.0546 e. The lowest BCUT2D eigenvalue weighted by Gasteiger charge is -2.33. The van der Waals surface area contributed by atoms with Gasteiger partial charge in [0, 0.05) is 22.2 Å². The fraction of sp³-hybridized carbons (Fsp3) is 0.0312. The molecule has 0 bridgehead atoms. The third kappa shape index (κ3) is 6.39. The third-order valence-corrected chi connectivity index (χ3v) is 13.8. The van der Waals surface area contributed by atoms with E-state index in [0.29, 0.717) is 0 Å². The second-order valence-corrected chi connectivity index (χ2v) is 17.3. The van der Waals surface area contributed by atoms with Crippen molar-refractivity contribution in [3.05, 3.63) is 271 Å². The van der Waals surface area contributed by atoms with Crippen LogP contribution in [0.3, 0.4) is 0 Å². The van der Waals surface area contributed by atoms with Crippen molar-refractivity contribution < 1.29 is 0 Å². The second-order valence-electron chi connectivity index (χ2n) is 17.3. The van der Waals surface area contributed by atoms with E-state index in [1.54, 1.807) is 0 Å². The number of benzene rings is 11. The molecule has 1 atom stereocenters. The molecule has 0 saturated heterocycles. The fourth-order valence-corrected chi connectivity index (χ4v) is 10.7. The maximum atomic E-state index is 2.55. The number of hydrogen-bond donors (Lipinski definition) is 0. The van der Waals surface area contributed by atoms with Gasteiger partial charge in [0.25, 0.3) is 0 Å². The Hall–Kier alpha value is -8.26. The van der Waals surface area contributed by atoms with Gasteiger partial charge in [0.15, 0.2) is 0 Å². The van der Waals surface area contributed by atoms with Gasteiger partial charge in [0.2, 0.25) is 0 Å². The minimum Gasteiger partial charge on any atom is -0.309 e. The van der Waals surface area contributed by atoms with Crippen molar-refractivity contribution in [3.63, 3.8) is 0 Å². The van der Waals surface area contributed by atoms with E-state index in [9.17, 15) is 0 Å². The molecule has 1 aliphatic carbocycles. The van der Waals surface area contributed by atoms with Crippen LogP contribution in [0.2, 0.25) is 0 Å². The molecule has 1 unspecified atom stereocenters. The lowest BCUT2D eigenvalue weighted by Crippen LogP contribution is -2.23. The van der Waals surface area contributed by atoms with Gasteiger partial charge >= 0.3 is 0 Å². The molecule has 1 nitrogen and oxygen atoms in total. The summed E-state index contributed by atoms with van der Waals surface area (Å²) in [6.07, 6.45) is 0. The summed E-state index contributed by atoms with van der Waals surface area (Å²) in [5.41, 5.74) is 18.9. The molecule has 0 radical (unpaired) electrons. The molecule has 0 aliphatic heterocycles. The van der Waals surface area contributed by atoms with E-state index in [-0.39, 0.29) is 5.41 Å². The Morgan fingerprint density at radius 1 is 0.308 bits per heavy atom. The molecule has 1 heteroatoms. The average molecular weight is 828 g/mol. The molecule has 306 valence electrons. The van der Waals surface area contributed by atoms with Gasteiger partial charge in [-0.15, -0.1) is 0 Å². The minimum absolute atomic E-state index is 0.373. The third-order valence-electron chi connectivity index (χ3n) is 13.8. The largest absolute Gasteiger partial charge is 0.309 e. The summed E-state index contributed by atoms with van der Waals surface area (Å²) in [6.45, 7) is 2.41. The highest BCUT2D eigenvalue weighted by atomic mass is 15.1. The Morgan fingerprint density at radius 3 is 1.62 bits per heavy atom. The Kier molecular flexibility index (Phi) is 9.35. The number of rotatable bonds is 8. The van der Waals surface area contributed by atoms with Gasteiger partial charge in [-0.3, -0.25) is 0 Å². The zero-order valence-corrected chi connectivity index (χ0v) is 36.2. The van der Waals surface area contributed by atoms with E-state index in [1.165, 1.54) is 71.6 Å². The molecular formula is C64H45N. The lowest BCUT2D eigenvalue weighted by atomic mass is 9.74.